The minimum absolute atomic E-state index is 0.743. The SMILES string of the molecule is COc1cc(CSc2nc3ccccc3[nH]2)c(OC)cc1Br. The zero-order valence-corrected chi connectivity index (χ0v) is 14.6. The second kappa shape index (κ2) is 6.62. The van der Waals surface area contributed by atoms with Gasteiger partial charge in [0.25, 0.3) is 0 Å². The van der Waals surface area contributed by atoms with Crippen molar-refractivity contribution in [3.8, 4) is 11.5 Å². The summed E-state index contributed by atoms with van der Waals surface area (Å²) in [5, 5.41) is 0.894. The molecule has 1 heterocycles. The zero-order chi connectivity index (χ0) is 15.5. The van der Waals surface area contributed by atoms with Gasteiger partial charge in [0.1, 0.15) is 11.5 Å². The highest BCUT2D eigenvalue weighted by Crippen LogP contribution is 2.35. The van der Waals surface area contributed by atoms with Gasteiger partial charge in [0.05, 0.1) is 29.7 Å². The molecule has 0 atom stereocenters. The Kier molecular flexibility index (Phi) is 4.59. The molecular weight excluding hydrogens is 364 g/mol. The highest BCUT2D eigenvalue weighted by molar-refractivity contribution is 9.10. The molecular formula is C16H15BrN2O2S. The highest BCUT2D eigenvalue weighted by Gasteiger charge is 2.11. The largest absolute Gasteiger partial charge is 0.496 e. The standard InChI is InChI=1S/C16H15BrN2O2S/c1-20-14-8-11(17)15(21-2)7-10(14)9-22-16-18-12-5-3-4-6-13(12)19-16/h3-8H,9H2,1-2H3,(H,18,19). The van der Waals surface area contributed by atoms with Crippen LogP contribution in [0.1, 0.15) is 5.56 Å². The van der Waals surface area contributed by atoms with Gasteiger partial charge in [-0.15, -0.1) is 0 Å². The first-order valence-electron chi connectivity index (χ1n) is 6.69. The zero-order valence-electron chi connectivity index (χ0n) is 12.2. The van der Waals surface area contributed by atoms with Crippen molar-refractivity contribution in [2.75, 3.05) is 14.2 Å². The summed E-state index contributed by atoms with van der Waals surface area (Å²) in [5.41, 5.74) is 3.09. The normalized spacial score (nSPS) is 10.9. The van der Waals surface area contributed by atoms with E-state index < -0.39 is 0 Å². The second-order valence-electron chi connectivity index (χ2n) is 4.65. The molecule has 0 amide bonds. The number of aromatic amines is 1. The Morgan fingerprint density at radius 3 is 2.64 bits per heavy atom. The van der Waals surface area contributed by atoms with Crippen molar-refractivity contribution in [2.45, 2.75) is 10.9 Å². The summed E-state index contributed by atoms with van der Waals surface area (Å²) < 4.78 is 11.7. The molecule has 3 rings (SSSR count). The van der Waals surface area contributed by atoms with Crippen LogP contribution in [0.3, 0.4) is 0 Å². The summed E-state index contributed by atoms with van der Waals surface area (Å²) >= 11 is 5.11. The van der Waals surface area contributed by atoms with E-state index in [2.05, 4.69) is 25.9 Å². The summed E-state index contributed by atoms with van der Waals surface area (Å²) in [5.74, 6) is 2.37. The number of hydrogen-bond acceptors (Lipinski definition) is 4. The smallest absolute Gasteiger partial charge is 0.166 e. The molecule has 0 aliphatic carbocycles. The van der Waals surface area contributed by atoms with E-state index in [1.54, 1.807) is 26.0 Å². The molecule has 0 saturated carbocycles. The van der Waals surface area contributed by atoms with E-state index in [-0.39, 0.29) is 0 Å². The van der Waals surface area contributed by atoms with Crippen molar-refractivity contribution in [1.29, 1.82) is 0 Å². The number of methoxy groups -OCH3 is 2. The maximum atomic E-state index is 5.44. The number of hydrogen-bond donors (Lipinski definition) is 1. The number of benzene rings is 2. The Balaban J connectivity index is 1.83. The summed E-state index contributed by atoms with van der Waals surface area (Å²) in [4.78, 5) is 7.88. The Bertz CT molecular complexity index is 771. The average Bonchev–Trinajstić information content (AvgIpc) is 2.96. The van der Waals surface area contributed by atoms with E-state index >= 15 is 0 Å². The predicted molar refractivity (Wildman–Crippen MR) is 92.9 cm³/mol. The molecule has 0 radical (unpaired) electrons. The number of nitrogens with zero attached hydrogens (tertiary/aromatic N) is 1. The molecule has 0 unspecified atom stereocenters. The third-order valence-corrected chi connectivity index (χ3v) is 4.83. The maximum Gasteiger partial charge on any atom is 0.166 e. The van der Waals surface area contributed by atoms with Gasteiger partial charge in [-0.3, -0.25) is 0 Å². The average molecular weight is 379 g/mol. The third kappa shape index (κ3) is 3.08. The molecule has 1 aromatic heterocycles. The number of halogens is 1. The van der Waals surface area contributed by atoms with Crippen LogP contribution in [0.5, 0.6) is 11.5 Å². The van der Waals surface area contributed by atoms with Gasteiger partial charge in [0.2, 0.25) is 0 Å². The van der Waals surface area contributed by atoms with Gasteiger partial charge < -0.3 is 14.5 Å². The van der Waals surface area contributed by atoms with Crippen LogP contribution in [0, 0.1) is 0 Å². The minimum Gasteiger partial charge on any atom is -0.496 e. The van der Waals surface area contributed by atoms with Gasteiger partial charge >= 0.3 is 0 Å². The molecule has 0 bridgehead atoms. The first-order chi connectivity index (χ1) is 10.7. The van der Waals surface area contributed by atoms with Crippen LogP contribution in [0.15, 0.2) is 46.0 Å². The fraction of sp³-hybridized carbons (Fsp3) is 0.188. The molecule has 114 valence electrons. The molecule has 6 heteroatoms. The lowest BCUT2D eigenvalue weighted by atomic mass is 10.2. The number of imidazole rings is 1. The molecule has 3 aromatic rings. The minimum atomic E-state index is 0.743. The topological polar surface area (TPSA) is 47.1 Å². The van der Waals surface area contributed by atoms with Gasteiger partial charge in [-0.25, -0.2) is 4.98 Å². The van der Waals surface area contributed by atoms with Gasteiger partial charge in [0, 0.05) is 11.3 Å². The number of rotatable bonds is 5. The highest BCUT2D eigenvalue weighted by atomic mass is 79.9. The fourth-order valence-electron chi connectivity index (χ4n) is 2.18. The number of aromatic nitrogens is 2. The van der Waals surface area contributed by atoms with Crippen LogP contribution >= 0.6 is 27.7 Å². The van der Waals surface area contributed by atoms with Gasteiger partial charge in [0.15, 0.2) is 5.16 Å². The van der Waals surface area contributed by atoms with Gasteiger partial charge in [-0.2, -0.15) is 0 Å². The van der Waals surface area contributed by atoms with Crippen LogP contribution in [0.2, 0.25) is 0 Å². The number of para-hydroxylation sites is 2. The van der Waals surface area contributed by atoms with Crippen LogP contribution in [0.4, 0.5) is 0 Å². The molecule has 1 N–H and O–H groups in total. The van der Waals surface area contributed by atoms with E-state index in [9.17, 15) is 0 Å². The number of fused-ring (bicyclic) bond motifs is 1. The molecule has 0 fully saturated rings. The Morgan fingerprint density at radius 1 is 1.14 bits per heavy atom. The molecule has 22 heavy (non-hydrogen) atoms. The van der Waals surface area contributed by atoms with Crippen molar-refractivity contribution in [1.82, 2.24) is 9.97 Å². The van der Waals surface area contributed by atoms with Gasteiger partial charge in [-0.05, 0) is 40.2 Å². The first kappa shape index (κ1) is 15.2. The quantitative estimate of drug-likeness (QED) is 0.657. The maximum absolute atomic E-state index is 5.44. The molecule has 0 spiro atoms. The number of nitrogens with one attached hydrogen (secondary N) is 1. The van der Waals surface area contributed by atoms with E-state index in [1.165, 1.54) is 0 Å². The number of thioether (sulfide) groups is 1. The predicted octanol–water partition coefficient (Wildman–Crippen LogP) is 4.63. The number of H-pyrrole nitrogens is 1. The monoisotopic (exact) mass is 378 g/mol. The van der Waals surface area contributed by atoms with E-state index in [0.29, 0.717) is 0 Å². The third-order valence-electron chi connectivity index (χ3n) is 3.29. The van der Waals surface area contributed by atoms with Crippen LogP contribution in [-0.2, 0) is 5.75 Å². The summed E-state index contributed by atoms with van der Waals surface area (Å²) in [6.45, 7) is 0. The van der Waals surface area contributed by atoms with E-state index in [0.717, 1.165) is 43.5 Å². The van der Waals surface area contributed by atoms with Crippen molar-refractivity contribution in [3.63, 3.8) is 0 Å². The number of ether oxygens (including phenoxy) is 2. The van der Waals surface area contributed by atoms with Crippen molar-refractivity contribution in [3.05, 3.63) is 46.4 Å². The Hall–Kier alpha value is -1.66. The second-order valence-corrected chi connectivity index (χ2v) is 6.46. The van der Waals surface area contributed by atoms with E-state index in [4.69, 9.17) is 9.47 Å². The molecule has 2 aromatic carbocycles. The summed E-state index contributed by atoms with van der Waals surface area (Å²) in [6, 6.07) is 11.9. The van der Waals surface area contributed by atoms with Crippen molar-refractivity contribution < 1.29 is 9.47 Å². The molecule has 0 saturated heterocycles. The summed E-state index contributed by atoms with van der Waals surface area (Å²) in [7, 11) is 3.33. The molecule has 0 aliphatic rings. The fourth-order valence-corrected chi connectivity index (χ4v) is 3.53. The molecule has 4 nitrogen and oxygen atoms in total. The first-order valence-corrected chi connectivity index (χ1v) is 8.47. The lowest BCUT2D eigenvalue weighted by molar-refractivity contribution is 0.398. The lowest BCUT2D eigenvalue weighted by Crippen LogP contribution is -1.94. The summed E-state index contributed by atoms with van der Waals surface area (Å²) in [6.07, 6.45) is 0. The Labute approximate surface area is 141 Å². The van der Waals surface area contributed by atoms with Crippen LogP contribution in [0.25, 0.3) is 11.0 Å². The van der Waals surface area contributed by atoms with Gasteiger partial charge in [-0.1, -0.05) is 23.9 Å². The van der Waals surface area contributed by atoms with Crippen LogP contribution < -0.4 is 9.47 Å². The van der Waals surface area contributed by atoms with E-state index in [1.807, 2.05) is 36.4 Å². The van der Waals surface area contributed by atoms with Crippen molar-refractivity contribution >= 4 is 38.7 Å². The lowest BCUT2D eigenvalue weighted by Gasteiger charge is -2.11. The molecule has 0 aliphatic heterocycles. The van der Waals surface area contributed by atoms with Crippen molar-refractivity contribution in [2.24, 2.45) is 0 Å². The Morgan fingerprint density at radius 2 is 1.91 bits per heavy atom. The van der Waals surface area contributed by atoms with Crippen LogP contribution in [-0.4, -0.2) is 24.2 Å².